The Morgan fingerprint density at radius 3 is 2.67 bits per heavy atom. The summed E-state index contributed by atoms with van der Waals surface area (Å²) >= 11 is 0. The first-order valence-electron chi connectivity index (χ1n) is 8.02. The summed E-state index contributed by atoms with van der Waals surface area (Å²) in [6, 6.07) is 1.42. The molecule has 2 rings (SSSR count). The molecule has 0 unspecified atom stereocenters. The Balaban J connectivity index is 1.99. The molecule has 2 aromatic rings. The molecule has 0 atom stereocenters. The van der Waals surface area contributed by atoms with Crippen LogP contribution >= 0.6 is 0 Å². The lowest BCUT2D eigenvalue weighted by atomic mass is 10.2. The maximum atomic E-state index is 12.5. The molecular formula is C16H23N5O3. The summed E-state index contributed by atoms with van der Waals surface area (Å²) in [4.78, 5) is 25.3. The lowest BCUT2D eigenvalue weighted by Crippen LogP contribution is -2.31. The third kappa shape index (κ3) is 4.01. The molecule has 0 aliphatic rings. The Hall–Kier alpha value is -2.64. The van der Waals surface area contributed by atoms with Gasteiger partial charge in [0.15, 0.2) is 0 Å². The van der Waals surface area contributed by atoms with Gasteiger partial charge in [0.2, 0.25) is 5.91 Å². The Bertz CT molecular complexity index is 719. The third-order valence-corrected chi connectivity index (χ3v) is 3.94. The van der Waals surface area contributed by atoms with Gasteiger partial charge in [0.1, 0.15) is 5.69 Å². The quantitative estimate of drug-likeness (QED) is 0.791. The molecule has 8 heteroatoms. The number of aryl methyl sites for hydroxylation is 3. The minimum absolute atomic E-state index is 0.0343. The predicted molar refractivity (Wildman–Crippen MR) is 87.5 cm³/mol. The monoisotopic (exact) mass is 333 g/mol. The molecule has 0 aliphatic heterocycles. The van der Waals surface area contributed by atoms with Crippen LogP contribution in [0.4, 0.5) is 0 Å². The van der Waals surface area contributed by atoms with Crippen molar-refractivity contribution in [3.63, 3.8) is 0 Å². The van der Waals surface area contributed by atoms with E-state index in [2.05, 4.69) is 10.2 Å². The number of carboxylic acids is 1. The van der Waals surface area contributed by atoms with Crippen LogP contribution in [0, 0.1) is 6.92 Å². The third-order valence-electron chi connectivity index (χ3n) is 3.94. The lowest BCUT2D eigenvalue weighted by molar-refractivity contribution is -0.131. The van der Waals surface area contributed by atoms with Crippen LogP contribution in [0.5, 0.6) is 0 Å². The van der Waals surface area contributed by atoms with E-state index in [-0.39, 0.29) is 24.6 Å². The molecule has 0 saturated heterocycles. The highest BCUT2D eigenvalue weighted by molar-refractivity contribution is 5.85. The minimum atomic E-state index is -1.05. The van der Waals surface area contributed by atoms with Crippen molar-refractivity contribution in [2.24, 2.45) is 0 Å². The number of hydrogen-bond donors (Lipinski definition) is 1. The van der Waals surface area contributed by atoms with Gasteiger partial charge in [0.25, 0.3) is 0 Å². The zero-order valence-electron chi connectivity index (χ0n) is 14.3. The van der Waals surface area contributed by atoms with Gasteiger partial charge in [-0.2, -0.15) is 10.2 Å². The lowest BCUT2D eigenvalue weighted by Gasteiger charge is -2.20. The van der Waals surface area contributed by atoms with Crippen LogP contribution in [0.15, 0.2) is 18.5 Å². The summed E-state index contributed by atoms with van der Waals surface area (Å²) in [6.07, 6.45) is 3.59. The van der Waals surface area contributed by atoms with E-state index in [1.54, 1.807) is 4.90 Å². The van der Waals surface area contributed by atoms with Crippen LogP contribution in [0.1, 0.15) is 42.0 Å². The second kappa shape index (κ2) is 7.76. The molecule has 0 saturated carbocycles. The smallest absolute Gasteiger partial charge is 0.354 e. The van der Waals surface area contributed by atoms with Gasteiger partial charge in [-0.3, -0.25) is 14.2 Å². The second-order valence-electron chi connectivity index (χ2n) is 5.50. The zero-order valence-corrected chi connectivity index (χ0v) is 14.3. The Kier molecular flexibility index (Phi) is 5.73. The Morgan fingerprint density at radius 1 is 1.33 bits per heavy atom. The zero-order chi connectivity index (χ0) is 17.7. The van der Waals surface area contributed by atoms with E-state index in [1.807, 2.05) is 31.6 Å². The maximum absolute atomic E-state index is 12.5. The van der Waals surface area contributed by atoms with E-state index >= 15 is 0 Å². The highest BCUT2D eigenvalue weighted by Gasteiger charge is 2.17. The van der Waals surface area contributed by atoms with Gasteiger partial charge in [-0.1, -0.05) is 0 Å². The van der Waals surface area contributed by atoms with Gasteiger partial charge in [-0.15, -0.1) is 0 Å². The highest BCUT2D eigenvalue weighted by Crippen LogP contribution is 2.11. The van der Waals surface area contributed by atoms with Gasteiger partial charge in [0, 0.05) is 44.0 Å². The molecule has 0 aliphatic carbocycles. The fraction of sp³-hybridized carbons (Fsp3) is 0.500. The Labute approximate surface area is 140 Å². The molecule has 2 heterocycles. The standard InChI is InChI=1S/C16H23N5O3/c1-4-19(10-13-11-20(5-2)18-12(13)3)15(22)7-9-21-14(16(23)24)6-8-17-21/h6,8,11H,4-5,7,9-10H2,1-3H3,(H,23,24). The number of aromatic nitrogens is 4. The first kappa shape index (κ1) is 17.7. The van der Waals surface area contributed by atoms with Crippen LogP contribution < -0.4 is 0 Å². The van der Waals surface area contributed by atoms with E-state index < -0.39 is 5.97 Å². The van der Waals surface area contributed by atoms with Crippen molar-refractivity contribution in [2.75, 3.05) is 6.54 Å². The number of rotatable bonds is 8. The van der Waals surface area contributed by atoms with Gasteiger partial charge in [-0.25, -0.2) is 4.79 Å². The molecule has 0 bridgehead atoms. The first-order valence-corrected chi connectivity index (χ1v) is 8.02. The summed E-state index contributed by atoms with van der Waals surface area (Å²) in [5.41, 5.74) is 2.03. The molecule has 2 aromatic heterocycles. The summed E-state index contributed by atoms with van der Waals surface area (Å²) in [7, 11) is 0. The summed E-state index contributed by atoms with van der Waals surface area (Å²) in [5, 5.41) is 17.4. The fourth-order valence-electron chi connectivity index (χ4n) is 2.51. The molecule has 130 valence electrons. The number of hydrogen-bond acceptors (Lipinski definition) is 4. The van der Waals surface area contributed by atoms with Crippen molar-refractivity contribution in [1.29, 1.82) is 0 Å². The Morgan fingerprint density at radius 2 is 2.08 bits per heavy atom. The second-order valence-corrected chi connectivity index (χ2v) is 5.50. The summed E-state index contributed by atoms with van der Waals surface area (Å²) in [6.45, 7) is 8.00. The summed E-state index contributed by atoms with van der Waals surface area (Å²) in [5.74, 6) is -1.08. The van der Waals surface area contributed by atoms with Crippen molar-refractivity contribution in [3.05, 3.63) is 35.4 Å². The molecule has 8 nitrogen and oxygen atoms in total. The molecule has 0 radical (unpaired) electrons. The van der Waals surface area contributed by atoms with Crippen LogP contribution in [-0.4, -0.2) is 48.0 Å². The summed E-state index contributed by atoms with van der Waals surface area (Å²) < 4.78 is 3.19. The van der Waals surface area contributed by atoms with Gasteiger partial charge in [-0.05, 0) is 26.8 Å². The predicted octanol–water partition coefficient (Wildman–Crippen LogP) is 1.54. The normalized spacial score (nSPS) is 10.8. The van der Waals surface area contributed by atoms with Crippen molar-refractivity contribution < 1.29 is 14.7 Å². The molecule has 0 aromatic carbocycles. The number of carbonyl (C=O) groups excluding carboxylic acids is 1. The van der Waals surface area contributed by atoms with Crippen molar-refractivity contribution in [2.45, 2.75) is 46.8 Å². The molecule has 1 amide bonds. The molecule has 0 fully saturated rings. The number of carbonyl (C=O) groups is 2. The van der Waals surface area contributed by atoms with Crippen LogP contribution in [0.3, 0.4) is 0 Å². The van der Waals surface area contributed by atoms with Gasteiger partial charge < -0.3 is 10.0 Å². The van der Waals surface area contributed by atoms with Crippen molar-refractivity contribution in [1.82, 2.24) is 24.5 Å². The number of nitrogens with zero attached hydrogens (tertiary/aromatic N) is 5. The van der Waals surface area contributed by atoms with Gasteiger partial charge in [0.05, 0.1) is 12.2 Å². The topological polar surface area (TPSA) is 93.3 Å². The van der Waals surface area contributed by atoms with E-state index in [1.165, 1.54) is 16.9 Å². The molecule has 1 N–H and O–H groups in total. The van der Waals surface area contributed by atoms with E-state index in [9.17, 15) is 9.59 Å². The van der Waals surface area contributed by atoms with E-state index in [0.29, 0.717) is 13.1 Å². The van der Waals surface area contributed by atoms with Crippen LogP contribution in [-0.2, 0) is 24.4 Å². The fourth-order valence-corrected chi connectivity index (χ4v) is 2.51. The van der Waals surface area contributed by atoms with Crippen molar-refractivity contribution in [3.8, 4) is 0 Å². The highest BCUT2D eigenvalue weighted by atomic mass is 16.4. The first-order chi connectivity index (χ1) is 11.5. The van der Waals surface area contributed by atoms with Gasteiger partial charge >= 0.3 is 5.97 Å². The van der Waals surface area contributed by atoms with Crippen molar-refractivity contribution >= 4 is 11.9 Å². The maximum Gasteiger partial charge on any atom is 0.354 e. The molecule has 24 heavy (non-hydrogen) atoms. The molecule has 0 spiro atoms. The number of amides is 1. The molecular weight excluding hydrogens is 310 g/mol. The SMILES string of the molecule is CCN(Cc1cn(CC)nc1C)C(=O)CCn1nccc1C(=O)O. The average Bonchev–Trinajstić information content (AvgIpc) is 3.16. The number of carboxylic acid groups (broad SMARTS) is 1. The van der Waals surface area contributed by atoms with Crippen LogP contribution in [0.25, 0.3) is 0 Å². The largest absolute Gasteiger partial charge is 0.477 e. The van der Waals surface area contributed by atoms with E-state index in [0.717, 1.165) is 17.8 Å². The number of aromatic carboxylic acids is 1. The average molecular weight is 333 g/mol. The minimum Gasteiger partial charge on any atom is -0.477 e. The van der Waals surface area contributed by atoms with E-state index in [4.69, 9.17) is 5.11 Å². The van der Waals surface area contributed by atoms with Crippen LogP contribution in [0.2, 0.25) is 0 Å².